The maximum atomic E-state index is 13.6. The summed E-state index contributed by atoms with van der Waals surface area (Å²) in [6.07, 6.45) is 0. The van der Waals surface area contributed by atoms with Gasteiger partial charge in [0, 0.05) is 16.6 Å². The van der Waals surface area contributed by atoms with E-state index in [1.54, 1.807) is 24.3 Å². The lowest BCUT2D eigenvalue weighted by Crippen LogP contribution is -2.03. The number of hydrogen-bond donors (Lipinski definition) is 1. The first-order valence-electron chi connectivity index (χ1n) is 5.78. The van der Waals surface area contributed by atoms with Crippen molar-refractivity contribution in [2.45, 2.75) is 13.5 Å². The van der Waals surface area contributed by atoms with Gasteiger partial charge in [0.2, 0.25) is 0 Å². The number of anilines is 1. The van der Waals surface area contributed by atoms with Gasteiger partial charge in [0.25, 0.3) is 0 Å². The van der Waals surface area contributed by atoms with Crippen molar-refractivity contribution in [2.24, 2.45) is 0 Å². The quantitative estimate of drug-likeness (QED) is 0.911. The minimum Gasteiger partial charge on any atom is -0.380 e. The minimum absolute atomic E-state index is 0.244. The molecule has 0 atom stereocenters. The predicted octanol–water partition coefficient (Wildman–Crippen LogP) is 4.38. The molecule has 0 saturated carbocycles. The summed E-state index contributed by atoms with van der Waals surface area (Å²) in [6.45, 7) is 2.27. The average Bonchev–Trinajstić information content (AvgIpc) is 2.40. The molecule has 0 bridgehead atoms. The largest absolute Gasteiger partial charge is 0.380 e. The molecular weight excluding hydrogens is 307 g/mol. The van der Waals surface area contributed by atoms with Gasteiger partial charge in [-0.3, -0.25) is 0 Å². The molecule has 0 aliphatic carbocycles. The maximum Gasteiger partial charge on any atom is 0.128 e. The van der Waals surface area contributed by atoms with Crippen molar-refractivity contribution >= 4 is 21.6 Å². The van der Waals surface area contributed by atoms with E-state index in [1.165, 1.54) is 6.07 Å². The van der Waals surface area contributed by atoms with Crippen LogP contribution in [0, 0.1) is 24.1 Å². The number of nitrogens with one attached hydrogen (secondary N) is 1. The molecule has 0 amide bonds. The Morgan fingerprint density at radius 3 is 2.79 bits per heavy atom. The molecule has 0 saturated heterocycles. The van der Waals surface area contributed by atoms with Crippen molar-refractivity contribution in [1.82, 2.24) is 0 Å². The zero-order valence-corrected chi connectivity index (χ0v) is 12.0. The van der Waals surface area contributed by atoms with Gasteiger partial charge in [0.05, 0.1) is 11.3 Å². The van der Waals surface area contributed by atoms with Crippen LogP contribution in [0.3, 0.4) is 0 Å². The van der Waals surface area contributed by atoms with Crippen LogP contribution >= 0.6 is 15.9 Å². The van der Waals surface area contributed by atoms with Gasteiger partial charge >= 0.3 is 0 Å². The van der Waals surface area contributed by atoms with E-state index < -0.39 is 0 Å². The van der Waals surface area contributed by atoms with Crippen molar-refractivity contribution in [3.63, 3.8) is 0 Å². The summed E-state index contributed by atoms with van der Waals surface area (Å²) in [7, 11) is 0. The second kappa shape index (κ2) is 5.85. The Hall–Kier alpha value is -1.86. The first-order valence-corrected chi connectivity index (χ1v) is 6.58. The Labute approximate surface area is 120 Å². The molecule has 0 spiro atoms. The van der Waals surface area contributed by atoms with E-state index in [2.05, 4.69) is 27.3 Å². The van der Waals surface area contributed by atoms with Crippen LogP contribution in [0.2, 0.25) is 0 Å². The number of nitrogens with zero attached hydrogens (tertiary/aromatic N) is 1. The van der Waals surface area contributed by atoms with Crippen molar-refractivity contribution in [1.29, 1.82) is 5.26 Å². The number of nitriles is 1. The van der Waals surface area contributed by atoms with Gasteiger partial charge in [-0.05, 0) is 31.2 Å². The van der Waals surface area contributed by atoms with Gasteiger partial charge in [0.15, 0.2) is 0 Å². The Morgan fingerprint density at radius 1 is 1.26 bits per heavy atom. The highest BCUT2D eigenvalue weighted by Gasteiger charge is 2.05. The highest BCUT2D eigenvalue weighted by atomic mass is 79.9. The van der Waals surface area contributed by atoms with Gasteiger partial charge in [-0.2, -0.15) is 5.26 Å². The fourth-order valence-corrected chi connectivity index (χ4v) is 2.15. The van der Waals surface area contributed by atoms with Gasteiger partial charge in [-0.25, -0.2) is 4.39 Å². The standard InChI is InChI=1S/C15H12BrFN2/c1-10-2-5-14(17)12(6-10)9-19-15-7-13(16)4-3-11(15)8-18/h2-7,19H,9H2,1H3. The van der Waals surface area contributed by atoms with Crippen molar-refractivity contribution < 1.29 is 4.39 Å². The first kappa shape index (κ1) is 13.6. The molecule has 0 unspecified atom stereocenters. The molecule has 1 N–H and O–H groups in total. The van der Waals surface area contributed by atoms with E-state index in [0.717, 1.165) is 10.0 Å². The molecule has 2 aromatic carbocycles. The van der Waals surface area contributed by atoms with Crippen molar-refractivity contribution in [3.8, 4) is 6.07 Å². The molecule has 2 aromatic rings. The monoisotopic (exact) mass is 318 g/mol. The van der Waals surface area contributed by atoms with Crippen LogP contribution in [-0.2, 0) is 6.54 Å². The van der Waals surface area contributed by atoms with E-state index >= 15 is 0 Å². The summed E-state index contributed by atoms with van der Waals surface area (Å²) in [4.78, 5) is 0. The molecule has 0 aliphatic rings. The lowest BCUT2D eigenvalue weighted by atomic mass is 10.1. The fraction of sp³-hybridized carbons (Fsp3) is 0.133. The second-order valence-electron chi connectivity index (χ2n) is 4.25. The van der Waals surface area contributed by atoms with Crippen molar-refractivity contribution in [3.05, 3.63) is 63.4 Å². The van der Waals surface area contributed by atoms with Crippen LogP contribution in [-0.4, -0.2) is 0 Å². The topological polar surface area (TPSA) is 35.8 Å². The first-order chi connectivity index (χ1) is 9.10. The Kier molecular flexibility index (Phi) is 4.18. The van der Waals surface area contributed by atoms with Crippen LogP contribution in [0.5, 0.6) is 0 Å². The summed E-state index contributed by atoms with van der Waals surface area (Å²) >= 11 is 3.35. The number of halogens is 2. The van der Waals surface area contributed by atoms with Crippen LogP contribution in [0.25, 0.3) is 0 Å². The number of benzene rings is 2. The summed E-state index contributed by atoms with van der Waals surface area (Å²) in [5.41, 5.74) is 2.82. The molecule has 0 radical (unpaired) electrons. The normalized spacial score (nSPS) is 10.0. The number of rotatable bonds is 3. The van der Waals surface area contributed by atoms with Crippen molar-refractivity contribution in [2.75, 3.05) is 5.32 Å². The second-order valence-corrected chi connectivity index (χ2v) is 5.17. The van der Waals surface area contributed by atoms with Gasteiger partial charge < -0.3 is 5.32 Å². The SMILES string of the molecule is Cc1ccc(F)c(CNc2cc(Br)ccc2C#N)c1. The smallest absolute Gasteiger partial charge is 0.128 e. The Balaban J connectivity index is 2.21. The van der Waals surface area contributed by atoms with Crippen LogP contribution in [0.4, 0.5) is 10.1 Å². The third-order valence-electron chi connectivity index (χ3n) is 2.77. The van der Waals surface area contributed by atoms with E-state index in [4.69, 9.17) is 5.26 Å². The fourth-order valence-electron chi connectivity index (χ4n) is 1.79. The van der Waals surface area contributed by atoms with E-state index in [1.807, 2.05) is 13.0 Å². The lowest BCUT2D eigenvalue weighted by molar-refractivity contribution is 0.612. The summed E-state index contributed by atoms with van der Waals surface area (Å²) < 4.78 is 14.5. The maximum absolute atomic E-state index is 13.6. The third-order valence-corrected chi connectivity index (χ3v) is 3.27. The Bertz CT molecular complexity index is 647. The molecule has 2 rings (SSSR count). The van der Waals surface area contributed by atoms with Crippen LogP contribution in [0.15, 0.2) is 40.9 Å². The van der Waals surface area contributed by atoms with Gasteiger partial charge in [0.1, 0.15) is 11.9 Å². The van der Waals surface area contributed by atoms with E-state index in [9.17, 15) is 4.39 Å². The molecule has 0 fully saturated rings. The molecule has 4 heteroatoms. The van der Waals surface area contributed by atoms with E-state index in [-0.39, 0.29) is 5.82 Å². The molecule has 0 aliphatic heterocycles. The highest BCUT2D eigenvalue weighted by Crippen LogP contribution is 2.22. The molecule has 19 heavy (non-hydrogen) atoms. The average molecular weight is 319 g/mol. The van der Waals surface area contributed by atoms with Crippen LogP contribution < -0.4 is 5.32 Å². The van der Waals surface area contributed by atoms with E-state index in [0.29, 0.717) is 23.4 Å². The molecule has 0 heterocycles. The number of aryl methyl sites for hydroxylation is 1. The summed E-state index contributed by atoms with van der Waals surface area (Å²) in [5.74, 6) is -0.244. The minimum atomic E-state index is -0.244. The third kappa shape index (κ3) is 3.33. The summed E-state index contributed by atoms with van der Waals surface area (Å²) in [6, 6.07) is 12.4. The van der Waals surface area contributed by atoms with Gasteiger partial charge in [-0.15, -0.1) is 0 Å². The lowest BCUT2D eigenvalue weighted by Gasteiger charge is -2.10. The predicted molar refractivity (Wildman–Crippen MR) is 77.3 cm³/mol. The highest BCUT2D eigenvalue weighted by molar-refractivity contribution is 9.10. The zero-order valence-electron chi connectivity index (χ0n) is 10.4. The molecule has 0 aromatic heterocycles. The molecular formula is C15H12BrFN2. The zero-order chi connectivity index (χ0) is 13.8. The summed E-state index contributed by atoms with van der Waals surface area (Å²) in [5, 5.41) is 12.1. The molecule has 2 nitrogen and oxygen atoms in total. The Morgan fingerprint density at radius 2 is 2.05 bits per heavy atom. The van der Waals surface area contributed by atoms with Crippen LogP contribution in [0.1, 0.15) is 16.7 Å². The molecule has 96 valence electrons. The number of hydrogen-bond acceptors (Lipinski definition) is 2. The van der Waals surface area contributed by atoms with Gasteiger partial charge in [-0.1, -0.05) is 33.6 Å².